The molecule has 0 bridgehead atoms. The molecule has 2 unspecified atom stereocenters. The number of hydrogen-bond donors (Lipinski definition) is 2. The highest BCUT2D eigenvalue weighted by molar-refractivity contribution is 5.69. The molecule has 0 radical (unpaired) electrons. The molecular formula is C12H15N3O2. The summed E-state index contributed by atoms with van der Waals surface area (Å²) in [5, 5.41) is 9.86. The highest BCUT2D eigenvalue weighted by Gasteiger charge is 2.29. The summed E-state index contributed by atoms with van der Waals surface area (Å²) in [5.41, 5.74) is 7.57. The molecule has 0 saturated heterocycles. The van der Waals surface area contributed by atoms with Gasteiger partial charge in [-0.3, -0.25) is 0 Å². The molecule has 90 valence electrons. The molecule has 3 N–H and O–H groups in total. The van der Waals surface area contributed by atoms with E-state index in [9.17, 15) is 5.11 Å². The monoisotopic (exact) mass is 233 g/mol. The summed E-state index contributed by atoms with van der Waals surface area (Å²) in [5.74, 6) is 1.23. The van der Waals surface area contributed by atoms with E-state index in [1.165, 1.54) is 0 Å². The SMILES string of the molecule is CC(N)C(O)c1cnc2oc(C3CC3)nc2c1. The summed E-state index contributed by atoms with van der Waals surface area (Å²) in [6.45, 7) is 1.76. The van der Waals surface area contributed by atoms with E-state index >= 15 is 0 Å². The Morgan fingerprint density at radius 2 is 2.29 bits per heavy atom. The molecule has 5 nitrogen and oxygen atoms in total. The second-order valence-electron chi connectivity index (χ2n) is 4.72. The van der Waals surface area contributed by atoms with Crippen molar-refractivity contribution in [1.82, 2.24) is 9.97 Å². The first-order valence-electron chi connectivity index (χ1n) is 5.85. The molecule has 1 saturated carbocycles. The van der Waals surface area contributed by atoms with Crippen molar-refractivity contribution in [2.75, 3.05) is 0 Å². The zero-order valence-electron chi connectivity index (χ0n) is 9.63. The first kappa shape index (κ1) is 10.7. The normalized spacial score (nSPS) is 19.5. The van der Waals surface area contributed by atoms with Crippen LogP contribution in [0.1, 0.15) is 43.2 Å². The first-order chi connectivity index (χ1) is 8.15. The molecule has 0 aromatic carbocycles. The van der Waals surface area contributed by atoms with Gasteiger partial charge in [0.05, 0.1) is 6.10 Å². The number of rotatable bonds is 3. The fourth-order valence-electron chi connectivity index (χ4n) is 1.83. The van der Waals surface area contributed by atoms with Crippen LogP contribution in [0.4, 0.5) is 0 Å². The Morgan fingerprint density at radius 3 is 2.94 bits per heavy atom. The number of pyridine rings is 1. The second-order valence-corrected chi connectivity index (χ2v) is 4.72. The molecule has 5 heteroatoms. The average molecular weight is 233 g/mol. The summed E-state index contributed by atoms with van der Waals surface area (Å²) in [7, 11) is 0. The molecule has 1 aliphatic carbocycles. The average Bonchev–Trinajstić information content (AvgIpc) is 3.07. The molecule has 2 aromatic rings. The van der Waals surface area contributed by atoms with E-state index in [0.717, 1.165) is 18.7 Å². The maximum atomic E-state index is 9.86. The standard InChI is InChI=1S/C12H15N3O2/c1-6(13)10(16)8-4-9-12(14-5-8)17-11(15-9)7-2-3-7/h4-7,10,16H,2-3,13H2,1H3. The van der Waals surface area contributed by atoms with Gasteiger partial charge in [-0.15, -0.1) is 0 Å². The Bertz CT molecular complexity index is 546. The van der Waals surface area contributed by atoms with E-state index in [1.54, 1.807) is 19.2 Å². The Morgan fingerprint density at radius 1 is 1.53 bits per heavy atom. The van der Waals surface area contributed by atoms with Crippen molar-refractivity contribution in [2.24, 2.45) is 5.73 Å². The molecule has 1 fully saturated rings. The molecule has 0 aliphatic heterocycles. The van der Waals surface area contributed by atoms with Crippen LogP contribution in [0.25, 0.3) is 11.2 Å². The van der Waals surface area contributed by atoms with Gasteiger partial charge in [-0.05, 0) is 25.8 Å². The predicted octanol–water partition coefficient (Wildman–Crippen LogP) is 1.48. The highest BCUT2D eigenvalue weighted by Crippen LogP contribution is 2.40. The third-order valence-corrected chi connectivity index (χ3v) is 3.05. The Hall–Kier alpha value is -1.46. The van der Waals surface area contributed by atoms with Gasteiger partial charge in [-0.25, -0.2) is 9.97 Å². The summed E-state index contributed by atoms with van der Waals surface area (Å²) < 4.78 is 5.55. The van der Waals surface area contributed by atoms with E-state index in [4.69, 9.17) is 10.2 Å². The van der Waals surface area contributed by atoms with E-state index in [-0.39, 0.29) is 6.04 Å². The lowest BCUT2D eigenvalue weighted by atomic mass is 10.1. The van der Waals surface area contributed by atoms with E-state index in [0.29, 0.717) is 22.7 Å². The minimum atomic E-state index is -0.715. The molecule has 1 aliphatic rings. The van der Waals surface area contributed by atoms with Crippen molar-refractivity contribution < 1.29 is 9.52 Å². The number of fused-ring (bicyclic) bond motifs is 1. The van der Waals surface area contributed by atoms with Gasteiger partial charge in [0.15, 0.2) is 0 Å². The summed E-state index contributed by atoms with van der Waals surface area (Å²) in [4.78, 5) is 8.57. The Labute approximate surface area is 98.7 Å². The topological polar surface area (TPSA) is 85.2 Å². The maximum Gasteiger partial charge on any atom is 0.246 e. The molecular weight excluding hydrogens is 218 g/mol. The smallest absolute Gasteiger partial charge is 0.246 e. The molecule has 2 heterocycles. The van der Waals surface area contributed by atoms with E-state index in [1.807, 2.05) is 0 Å². The van der Waals surface area contributed by atoms with Gasteiger partial charge in [0, 0.05) is 23.7 Å². The Balaban J connectivity index is 2.00. The summed E-state index contributed by atoms with van der Waals surface area (Å²) >= 11 is 0. The number of aliphatic hydroxyl groups excluding tert-OH is 1. The molecule has 2 atom stereocenters. The zero-order valence-corrected chi connectivity index (χ0v) is 9.63. The van der Waals surface area contributed by atoms with Crippen molar-refractivity contribution in [3.8, 4) is 0 Å². The fourth-order valence-corrected chi connectivity index (χ4v) is 1.83. The summed E-state index contributed by atoms with van der Waals surface area (Å²) in [6, 6.07) is 1.47. The second kappa shape index (κ2) is 3.78. The quantitative estimate of drug-likeness (QED) is 0.838. The van der Waals surface area contributed by atoms with Gasteiger partial charge >= 0.3 is 0 Å². The number of hydrogen-bond acceptors (Lipinski definition) is 5. The van der Waals surface area contributed by atoms with Crippen LogP contribution in [-0.2, 0) is 0 Å². The van der Waals surface area contributed by atoms with Crippen LogP contribution in [0.2, 0.25) is 0 Å². The largest absolute Gasteiger partial charge is 0.422 e. The lowest BCUT2D eigenvalue weighted by Crippen LogP contribution is -2.24. The molecule has 0 spiro atoms. The third kappa shape index (κ3) is 1.92. The fraction of sp³-hybridized carbons (Fsp3) is 0.500. The number of oxazole rings is 1. The molecule has 3 rings (SSSR count). The number of aromatic nitrogens is 2. The highest BCUT2D eigenvalue weighted by atomic mass is 16.4. The van der Waals surface area contributed by atoms with Gasteiger partial charge in [0.1, 0.15) is 5.52 Å². The predicted molar refractivity (Wildman–Crippen MR) is 62.4 cm³/mol. The van der Waals surface area contributed by atoms with Gasteiger partial charge in [-0.2, -0.15) is 0 Å². The van der Waals surface area contributed by atoms with Crippen LogP contribution >= 0.6 is 0 Å². The van der Waals surface area contributed by atoms with Crippen molar-refractivity contribution in [3.05, 3.63) is 23.7 Å². The van der Waals surface area contributed by atoms with E-state index in [2.05, 4.69) is 9.97 Å². The van der Waals surface area contributed by atoms with Crippen LogP contribution in [0, 0.1) is 0 Å². The van der Waals surface area contributed by atoms with Gasteiger partial charge in [-0.1, -0.05) is 0 Å². The number of nitrogens with zero attached hydrogens (tertiary/aromatic N) is 2. The lowest BCUT2D eigenvalue weighted by molar-refractivity contribution is 0.153. The van der Waals surface area contributed by atoms with Crippen molar-refractivity contribution in [1.29, 1.82) is 0 Å². The maximum absolute atomic E-state index is 9.86. The molecule has 0 amide bonds. The molecule has 17 heavy (non-hydrogen) atoms. The van der Waals surface area contributed by atoms with Crippen LogP contribution in [-0.4, -0.2) is 21.1 Å². The minimum absolute atomic E-state index is 0.330. The lowest BCUT2D eigenvalue weighted by Gasteiger charge is -2.13. The Kier molecular flexibility index (Phi) is 2.38. The molecule has 2 aromatic heterocycles. The van der Waals surface area contributed by atoms with Crippen molar-refractivity contribution >= 4 is 11.2 Å². The van der Waals surface area contributed by atoms with E-state index < -0.39 is 6.10 Å². The van der Waals surface area contributed by atoms with Gasteiger partial charge in [0.25, 0.3) is 0 Å². The van der Waals surface area contributed by atoms with Crippen LogP contribution < -0.4 is 5.73 Å². The summed E-state index contributed by atoms with van der Waals surface area (Å²) in [6.07, 6.45) is 3.16. The van der Waals surface area contributed by atoms with Crippen molar-refractivity contribution in [3.63, 3.8) is 0 Å². The van der Waals surface area contributed by atoms with Crippen molar-refractivity contribution in [2.45, 2.75) is 37.8 Å². The van der Waals surface area contributed by atoms with Gasteiger partial charge in [0.2, 0.25) is 11.6 Å². The minimum Gasteiger partial charge on any atom is -0.422 e. The third-order valence-electron chi connectivity index (χ3n) is 3.05. The number of aliphatic hydroxyl groups is 1. The first-order valence-corrected chi connectivity index (χ1v) is 5.85. The van der Waals surface area contributed by atoms with Crippen LogP contribution in [0.15, 0.2) is 16.7 Å². The zero-order chi connectivity index (χ0) is 12.0. The van der Waals surface area contributed by atoms with Gasteiger partial charge < -0.3 is 15.3 Å². The number of nitrogens with two attached hydrogens (primary N) is 1. The van der Waals surface area contributed by atoms with Crippen LogP contribution in [0.3, 0.4) is 0 Å². The van der Waals surface area contributed by atoms with Crippen LogP contribution in [0.5, 0.6) is 0 Å².